The van der Waals surface area contributed by atoms with Gasteiger partial charge in [-0.15, -0.1) is 0 Å². The van der Waals surface area contributed by atoms with E-state index in [-0.39, 0.29) is 13.6 Å². The highest BCUT2D eigenvalue weighted by atomic mass is 16.7. The van der Waals surface area contributed by atoms with Gasteiger partial charge in [-0.2, -0.15) is 0 Å². The van der Waals surface area contributed by atoms with Gasteiger partial charge in [-0.3, -0.25) is 0 Å². The minimum Gasteiger partial charge on any atom is -0.492 e. The minimum atomic E-state index is 0.217. The Kier molecular flexibility index (Phi) is 8.29. The molecule has 0 spiro atoms. The second-order valence-electron chi connectivity index (χ2n) is 8.53. The molecule has 184 valence electrons. The number of hydrogen-bond donors (Lipinski definition) is 0. The van der Waals surface area contributed by atoms with Crippen molar-refractivity contribution < 1.29 is 23.7 Å². The van der Waals surface area contributed by atoms with Gasteiger partial charge in [-0.25, -0.2) is 0 Å². The number of likely N-dealkylation sites (N-methyl/N-ethyl adjacent to an activating group) is 1. The van der Waals surface area contributed by atoms with Gasteiger partial charge in [0.1, 0.15) is 18.1 Å². The van der Waals surface area contributed by atoms with Crippen LogP contribution in [0.25, 0.3) is 11.1 Å². The first-order valence-corrected chi connectivity index (χ1v) is 11.8. The van der Waals surface area contributed by atoms with Crippen molar-refractivity contribution in [2.45, 2.75) is 13.3 Å². The molecule has 0 N–H and O–H groups in total. The van der Waals surface area contributed by atoms with Crippen molar-refractivity contribution >= 4 is 11.1 Å². The fraction of sp³-hybridized carbons (Fsp3) is 0.310. The molecule has 0 aromatic heterocycles. The normalized spacial score (nSPS) is 13.1. The van der Waals surface area contributed by atoms with E-state index >= 15 is 0 Å². The average Bonchev–Trinajstić information content (AvgIpc) is 3.35. The highest BCUT2D eigenvalue weighted by molar-refractivity contribution is 5.99. The summed E-state index contributed by atoms with van der Waals surface area (Å²) in [5, 5.41) is 0. The van der Waals surface area contributed by atoms with Crippen LogP contribution in [0.2, 0.25) is 0 Å². The van der Waals surface area contributed by atoms with E-state index in [1.807, 2.05) is 44.4 Å². The maximum atomic E-state index is 5.92. The predicted octanol–water partition coefficient (Wildman–Crippen LogP) is 5.71. The van der Waals surface area contributed by atoms with Gasteiger partial charge in [0.25, 0.3) is 0 Å². The Bertz CT molecular complexity index is 1140. The first kappa shape index (κ1) is 24.6. The molecule has 6 nitrogen and oxygen atoms in total. The quantitative estimate of drug-likeness (QED) is 0.262. The van der Waals surface area contributed by atoms with E-state index in [2.05, 4.69) is 48.2 Å². The summed E-state index contributed by atoms with van der Waals surface area (Å²) in [4.78, 5) is 2.11. The number of fused-ring (bicyclic) bond motifs is 1. The summed E-state index contributed by atoms with van der Waals surface area (Å²) in [5.74, 6) is 3.19. The fourth-order valence-electron chi connectivity index (χ4n) is 4.03. The van der Waals surface area contributed by atoms with Crippen molar-refractivity contribution in [1.82, 2.24) is 4.90 Å². The Morgan fingerprint density at radius 1 is 0.800 bits per heavy atom. The van der Waals surface area contributed by atoms with Crippen LogP contribution in [0.1, 0.15) is 30.0 Å². The Labute approximate surface area is 207 Å². The topological polar surface area (TPSA) is 49.4 Å². The number of hydrogen-bond acceptors (Lipinski definition) is 6. The van der Waals surface area contributed by atoms with Crippen LogP contribution in [0.5, 0.6) is 23.0 Å². The second kappa shape index (κ2) is 11.8. The van der Waals surface area contributed by atoms with E-state index in [0.29, 0.717) is 6.61 Å². The molecule has 0 radical (unpaired) electrons. The van der Waals surface area contributed by atoms with Gasteiger partial charge in [0.05, 0.1) is 0 Å². The van der Waals surface area contributed by atoms with Gasteiger partial charge in [-0.1, -0.05) is 37.3 Å². The monoisotopic (exact) mass is 475 g/mol. The van der Waals surface area contributed by atoms with Crippen LogP contribution in [0.3, 0.4) is 0 Å². The first-order chi connectivity index (χ1) is 17.1. The molecular weight excluding hydrogens is 442 g/mol. The maximum absolute atomic E-state index is 5.92. The van der Waals surface area contributed by atoms with E-state index in [4.69, 9.17) is 23.7 Å². The molecule has 0 unspecified atom stereocenters. The van der Waals surface area contributed by atoms with Crippen molar-refractivity contribution in [3.63, 3.8) is 0 Å². The molecule has 3 aromatic rings. The number of ether oxygens (including phenoxy) is 5. The zero-order chi connectivity index (χ0) is 24.6. The molecule has 0 aliphatic carbocycles. The van der Waals surface area contributed by atoms with Crippen molar-refractivity contribution in [2.24, 2.45) is 0 Å². The Morgan fingerprint density at radius 3 is 2.00 bits per heavy atom. The molecule has 1 heterocycles. The number of rotatable bonds is 11. The summed E-state index contributed by atoms with van der Waals surface area (Å²) in [5.41, 5.74) is 5.70. The summed E-state index contributed by atoms with van der Waals surface area (Å²) in [6.07, 6.45) is 0.845. The van der Waals surface area contributed by atoms with Crippen LogP contribution in [0, 0.1) is 0 Å². The SMILES string of the molecule is CC/C(=C(/c1ccc(OCCN(C)C)cc1)c1ccc(OCOC)cc1)c1ccc2c(c1)OCO2. The summed E-state index contributed by atoms with van der Waals surface area (Å²) < 4.78 is 27.7. The van der Waals surface area contributed by atoms with Gasteiger partial charge in [0.2, 0.25) is 6.79 Å². The zero-order valence-electron chi connectivity index (χ0n) is 20.9. The van der Waals surface area contributed by atoms with Crippen molar-refractivity contribution in [1.29, 1.82) is 0 Å². The highest BCUT2D eigenvalue weighted by Crippen LogP contribution is 2.40. The third-order valence-corrected chi connectivity index (χ3v) is 5.81. The van der Waals surface area contributed by atoms with Crippen LogP contribution in [-0.2, 0) is 4.74 Å². The van der Waals surface area contributed by atoms with Crippen LogP contribution in [-0.4, -0.2) is 52.8 Å². The van der Waals surface area contributed by atoms with Crippen molar-refractivity contribution in [2.75, 3.05) is 47.9 Å². The Hall–Kier alpha value is -3.48. The number of nitrogens with zero attached hydrogens (tertiary/aromatic N) is 1. The van der Waals surface area contributed by atoms with Gasteiger partial charge in [0.15, 0.2) is 18.3 Å². The fourth-order valence-corrected chi connectivity index (χ4v) is 4.03. The van der Waals surface area contributed by atoms with Gasteiger partial charge in [0, 0.05) is 13.7 Å². The third-order valence-electron chi connectivity index (χ3n) is 5.81. The van der Waals surface area contributed by atoms with Crippen LogP contribution in [0.15, 0.2) is 66.7 Å². The van der Waals surface area contributed by atoms with Crippen LogP contribution >= 0.6 is 0 Å². The summed E-state index contributed by atoms with van der Waals surface area (Å²) >= 11 is 0. The van der Waals surface area contributed by atoms with Gasteiger partial charge >= 0.3 is 0 Å². The molecule has 35 heavy (non-hydrogen) atoms. The van der Waals surface area contributed by atoms with Crippen molar-refractivity contribution in [3.05, 3.63) is 83.4 Å². The van der Waals surface area contributed by atoms with Gasteiger partial charge < -0.3 is 28.6 Å². The predicted molar refractivity (Wildman–Crippen MR) is 138 cm³/mol. The van der Waals surface area contributed by atoms with E-state index in [9.17, 15) is 0 Å². The number of methoxy groups -OCH3 is 1. The van der Waals surface area contributed by atoms with Gasteiger partial charge in [-0.05, 0) is 84.8 Å². The Balaban J connectivity index is 1.73. The lowest BCUT2D eigenvalue weighted by atomic mass is 9.88. The molecule has 0 fully saturated rings. The maximum Gasteiger partial charge on any atom is 0.231 e. The smallest absolute Gasteiger partial charge is 0.231 e. The first-order valence-electron chi connectivity index (χ1n) is 11.8. The molecular formula is C29H33NO5. The summed E-state index contributed by atoms with van der Waals surface area (Å²) in [6, 6.07) is 22.6. The van der Waals surface area contributed by atoms with E-state index in [1.54, 1.807) is 7.11 Å². The lowest BCUT2D eigenvalue weighted by molar-refractivity contribution is 0.0511. The minimum absolute atomic E-state index is 0.217. The second-order valence-corrected chi connectivity index (χ2v) is 8.53. The van der Waals surface area contributed by atoms with Crippen molar-refractivity contribution in [3.8, 4) is 23.0 Å². The highest BCUT2D eigenvalue weighted by Gasteiger charge is 2.18. The molecule has 0 bridgehead atoms. The largest absolute Gasteiger partial charge is 0.492 e. The van der Waals surface area contributed by atoms with E-state index in [1.165, 1.54) is 5.57 Å². The molecule has 0 atom stereocenters. The zero-order valence-corrected chi connectivity index (χ0v) is 20.9. The van der Waals surface area contributed by atoms with E-state index < -0.39 is 0 Å². The number of allylic oxidation sites excluding steroid dienone is 1. The standard InChI is InChI=1S/C29H33NO5/c1-5-26(23-10-15-27-28(18-23)35-20-34-27)29(22-8-13-25(14-9-22)33-19-31-4)21-6-11-24(12-7-21)32-17-16-30(2)3/h6-15,18H,5,16-17,19-20H2,1-4H3/b29-26+. The summed E-state index contributed by atoms with van der Waals surface area (Å²) in [7, 11) is 5.69. The lowest BCUT2D eigenvalue weighted by Crippen LogP contribution is -2.19. The molecule has 0 amide bonds. The van der Waals surface area contributed by atoms with E-state index in [0.717, 1.165) is 58.2 Å². The number of benzene rings is 3. The Morgan fingerprint density at radius 2 is 1.40 bits per heavy atom. The van der Waals surface area contributed by atoms with Crippen LogP contribution < -0.4 is 18.9 Å². The molecule has 6 heteroatoms. The molecule has 0 saturated carbocycles. The molecule has 4 rings (SSSR count). The third kappa shape index (κ3) is 6.15. The van der Waals surface area contributed by atoms with Crippen LogP contribution in [0.4, 0.5) is 0 Å². The molecule has 0 saturated heterocycles. The summed E-state index contributed by atoms with van der Waals surface area (Å²) in [6.45, 7) is 4.17. The average molecular weight is 476 g/mol. The lowest BCUT2D eigenvalue weighted by Gasteiger charge is -2.18. The molecule has 1 aliphatic heterocycles. The molecule has 3 aromatic carbocycles. The molecule has 1 aliphatic rings.